The quantitative estimate of drug-likeness (QED) is 0.885. The summed E-state index contributed by atoms with van der Waals surface area (Å²) in [5.41, 5.74) is -0.465. The first-order chi connectivity index (χ1) is 9.51. The van der Waals surface area contributed by atoms with Gasteiger partial charge in [0.1, 0.15) is 5.15 Å². The zero-order valence-electron chi connectivity index (χ0n) is 10.2. The average Bonchev–Trinajstić information content (AvgIpc) is 2.41. The van der Waals surface area contributed by atoms with Crippen LogP contribution in [0.3, 0.4) is 0 Å². The molecule has 0 fully saturated rings. The van der Waals surface area contributed by atoms with Crippen LogP contribution < -0.4 is 10.1 Å². The lowest BCUT2D eigenvalue weighted by atomic mass is 10.2. The van der Waals surface area contributed by atoms with E-state index in [9.17, 15) is 13.6 Å². The third-order valence-corrected chi connectivity index (χ3v) is 2.50. The number of ether oxygens (including phenoxy) is 1. The number of carbonyl (C=O) groups is 1. The van der Waals surface area contributed by atoms with E-state index >= 15 is 0 Å². The third kappa shape index (κ3) is 3.00. The first-order valence-corrected chi connectivity index (χ1v) is 5.73. The molecule has 1 aromatic carbocycles. The highest BCUT2D eigenvalue weighted by molar-refractivity contribution is 6.29. The molecule has 1 N–H and O–H groups in total. The summed E-state index contributed by atoms with van der Waals surface area (Å²) in [5, 5.41) is 2.24. The van der Waals surface area contributed by atoms with E-state index in [0.29, 0.717) is 0 Å². The molecule has 0 spiro atoms. The number of rotatable bonds is 3. The van der Waals surface area contributed by atoms with E-state index in [1.165, 1.54) is 19.2 Å². The van der Waals surface area contributed by atoms with Crippen LogP contribution in [0, 0.1) is 11.6 Å². The largest absolute Gasteiger partial charge is 0.481 e. The van der Waals surface area contributed by atoms with Crippen LogP contribution in [-0.4, -0.2) is 23.0 Å². The molecule has 0 radical (unpaired) electrons. The molecule has 0 aliphatic rings. The molecule has 5 nitrogen and oxygen atoms in total. The molecule has 0 bridgehead atoms. The van der Waals surface area contributed by atoms with Crippen molar-refractivity contribution in [2.75, 3.05) is 12.4 Å². The maximum Gasteiger partial charge on any atom is 0.261 e. The molecule has 0 aliphatic heterocycles. The van der Waals surface area contributed by atoms with Gasteiger partial charge in [-0.05, 0) is 12.1 Å². The van der Waals surface area contributed by atoms with Gasteiger partial charge < -0.3 is 4.74 Å². The van der Waals surface area contributed by atoms with Crippen molar-refractivity contribution < 1.29 is 18.3 Å². The molecule has 2 rings (SSSR count). The molecule has 0 saturated heterocycles. The second-order valence-corrected chi connectivity index (χ2v) is 4.00. The summed E-state index contributed by atoms with van der Waals surface area (Å²) in [6.07, 6.45) is 0. The number of anilines is 1. The van der Waals surface area contributed by atoms with Crippen molar-refractivity contribution in [1.82, 2.24) is 9.97 Å². The van der Waals surface area contributed by atoms with Crippen molar-refractivity contribution in [3.63, 3.8) is 0 Å². The highest BCUT2D eigenvalue weighted by Gasteiger charge is 2.16. The second-order valence-electron chi connectivity index (χ2n) is 3.61. The minimum atomic E-state index is -1.25. The molecular formula is C12H8ClF2N3O2. The van der Waals surface area contributed by atoms with Crippen LogP contribution in [0.2, 0.25) is 5.15 Å². The van der Waals surface area contributed by atoms with Crippen LogP contribution in [0.5, 0.6) is 5.88 Å². The molecule has 0 aliphatic carbocycles. The van der Waals surface area contributed by atoms with Crippen molar-refractivity contribution in [3.05, 3.63) is 46.6 Å². The molecule has 104 valence electrons. The molecule has 8 heteroatoms. The maximum atomic E-state index is 13.5. The van der Waals surface area contributed by atoms with E-state index in [1.54, 1.807) is 0 Å². The first kappa shape index (κ1) is 14.1. The Kier molecular flexibility index (Phi) is 4.09. The van der Waals surface area contributed by atoms with Gasteiger partial charge in [-0.25, -0.2) is 13.8 Å². The zero-order chi connectivity index (χ0) is 14.7. The number of carbonyl (C=O) groups excluding carboxylic acids is 1. The van der Waals surface area contributed by atoms with Crippen LogP contribution in [0.1, 0.15) is 10.4 Å². The van der Waals surface area contributed by atoms with Crippen LogP contribution >= 0.6 is 11.6 Å². The number of nitrogens with zero attached hydrogens (tertiary/aromatic N) is 2. The lowest BCUT2D eigenvalue weighted by Gasteiger charge is -2.06. The van der Waals surface area contributed by atoms with Gasteiger partial charge in [-0.1, -0.05) is 17.7 Å². The van der Waals surface area contributed by atoms with Gasteiger partial charge in [0.05, 0.1) is 12.7 Å². The number of hydrogen-bond acceptors (Lipinski definition) is 4. The Morgan fingerprint density at radius 2 is 2.10 bits per heavy atom. The molecule has 1 aromatic heterocycles. The van der Waals surface area contributed by atoms with Gasteiger partial charge in [-0.15, -0.1) is 0 Å². The lowest BCUT2D eigenvalue weighted by molar-refractivity contribution is 0.102. The molecule has 0 atom stereocenters. The van der Waals surface area contributed by atoms with Crippen molar-refractivity contribution in [2.24, 2.45) is 0 Å². The summed E-state index contributed by atoms with van der Waals surface area (Å²) in [4.78, 5) is 19.3. The van der Waals surface area contributed by atoms with Gasteiger partial charge >= 0.3 is 0 Å². The monoisotopic (exact) mass is 299 g/mol. The van der Waals surface area contributed by atoms with E-state index in [4.69, 9.17) is 16.3 Å². The number of benzene rings is 1. The Labute approximate surface area is 117 Å². The SMILES string of the molecule is COc1cc(Cl)nc(NC(=O)c2cccc(F)c2F)n1. The number of nitrogens with one attached hydrogen (secondary N) is 1. The van der Waals surface area contributed by atoms with E-state index in [2.05, 4.69) is 15.3 Å². The van der Waals surface area contributed by atoms with Crippen LogP contribution in [0.4, 0.5) is 14.7 Å². The minimum absolute atomic E-state index is 0.0341. The fourth-order valence-corrected chi connectivity index (χ4v) is 1.58. The smallest absolute Gasteiger partial charge is 0.261 e. The van der Waals surface area contributed by atoms with Crippen LogP contribution in [-0.2, 0) is 0 Å². The summed E-state index contributed by atoms with van der Waals surface area (Å²) < 4.78 is 31.3. The summed E-state index contributed by atoms with van der Waals surface area (Å²) >= 11 is 5.70. The number of methoxy groups -OCH3 is 1. The predicted octanol–water partition coefficient (Wildman–Crippen LogP) is 2.67. The van der Waals surface area contributed by atoms with Gasteiger partial charge in [0.25, 0.3) is 5.91 Å². The van der Waals surface area contributed by atoms with Crippen molar-refractivity contribution in [2.45, 2.75) is 0 Å². The Balaban J connectivity index is 2.28. The predicted molar refractivity (Wildman–Crippen MR) is 67.9 cm³/mol. The molecular weight excluding hydrogens is 292 g/mol. The molecule has 20 heavy (non-hydrogen) atoms. The Hall–Kier alpha value is -2.28. The Morgan fingerprint density at radius 3 is 2.80 bits per heavy atom. The molecule has 1 amide bonds. The highest BCUT2D eigenvalue weighted by atomic mass is 35.5. The van der Waals surface area contributed by atoms with E-state index in [1.807, 2.05) is 0 Å². The van der Waals surface area contributed by atoms with Gasteiger partial charge in [0, 0.05) is 6.07 Å². The topological polar surface area (TPSA) is 64.1 Å². The fraction of sp³-hybridized carbons (Fsp3) is 0.0833. The molecule has 0 unspecified atom stereocenters. The first-order valence-electron chi connectivity index (χ1n) is 5.35. The third-order valence-electron chi connectivity index (χ3n) is 2.30. The molecule has 2 aromatic rings. The maximum absolute atomic E-state index is 13.5. The van der Waals surface area contributed by atoms with Crippen molar-refractivity contribution in [3.8, 4) is 5.88 Å². The summed E-state index contributed by atoms with van der Waals surface area (Å²) in [6, 6.07) is 4.59. The highest BCUT2D eigenvalue weighted by Crippen LogP contribution is 2.17. The van der Waals surface area contributed by atoms with Gasteiger partial charge in [0.2, 0.25) is 11.8 Å². The minimum Gasteiger partial charge on any atom is -0.481 e. The Morgan fingerprint density at radius 1 is 1.35 bits per heavy atom. The van der Waals surface area contributed by atoms with E-state index in [-0.39, 0.29) is 17.0 Å². The van der Waals surface area contributed by atoms with E-state index in [0.717, 1.165) is 12.1 Å². The van der Waals surface area contributed by atoms with Gasteiger partial charge in [-0.2, -0.15) is 4.98 Å². The molecule has 1 heterocycles. The van der Waals surface area contributed by atoms with Crippen LogP contribution in [0.15, 0.2) is 24.3 Å². The van der Waals surface area contributed by atoms with E-state index < -0.39 is 23.1 Å². The fourth-order valence-electron chi connectivity index (χ4n) is 1.41. The number of hydrogen-bond donors (Lipinski definition) is 1. The Bertz CT molecular complexity index is 667. The van der Waals surface area contributed by atoms with Crippen molar-refractivity contribution in [1.29, 1.82) is 0 Å². The summed E-state index contributed by atoms with van der Waals surface area (Å²) in [7, 11) is 1.36. The normalized spacial score (nSPS) is 10.2. The zero-order valence-corrected chi connectivity index (χ0v) is 10.9. The van der Waals surface area contributed by atoms with Crippen LogP contribution in [0.25, 0.3) is 0 Å². The average molecular weight is 300 g/mol. The summed E-state index contributed by atoms with van der Waals surface area (Å²) in [5.74, 6) is -3.32. The van der Waals surface area contributed by atoms with Crippen molar-refractivity contribution >= 4 is 23.5 Å². The molecule has 0 saturated carbocycles. The second kappa shape index (κ2) is 5.79. The van der Waals surface area contributed by atoms with Gasteiger partial charge in [0.15, 0.2) is 11.6 Å². The standard InChI is InChI=1S/C12H8ClF2N3O2/c1-20-9-5-8(13)16-12(17-9)18-11(19)6-3-2-4-7(14)10(6)15/h2-5H,1H3,(H,16,17,18,19). The number of aromatic nitrogens is 2. The van der Waals surface area contributed by atoms with Gasteiger partial charge in [-0.3, -0.25) is 10.1 Å². The lowest BCUT2D eigenvalue weighted by Crippen LogP contribution is -2.16. The number of halogens is 3. The summed E-state index contributed by atoms with van der Waals surface area (Å²) in [6.45, 7) is 0. The number of amides is 1.